The van der Waals surface area contributed by atoms with Crippen LogP contribution in [0, 0.1) is 0 Å². The van der Waals surface area contributed by atoms with Crippen LogP contribution in [-0.2, 0) is 30.8 Å². The Morgan fingerprint density at radius 3 is 2.64 bits per heavy atom. The van der Waals surface area contributed by atoms with Crippen LogP contribution in [0.1, 0.15) is 24.8 Å². The molecule has 2 aliphatic rings. The minimum atomic E-state index is -3.56. The summed E-state index contributed by atoms with van der Waals surface area (Å²) in [6.45, 7) is 2.43. The molecule has 0 radical (unpaired) electrons. The molecule has 1 aromatic carbocycles. The fraction of sp³-hybridized carbons (Fsp3) is 0.632. The van der Waals surface area contributed by atoms with Crippen LogP contribution in [0.4, 0.5) is 0 Å². The number of sulfonamides is 1. The van der Waals surface area contributed by atoms with E-state index in [1.54, 1.807) is 24.3 Å². The Labute approximate surface area is 166 Å². The highest BCUT2D eigenvalue weighted by atomic mass is 32.2. The number of benzene rings is 1. The average Bonchev–Trinajstić information content (AvgIpc) is 3.21. The second kappa shape index (κ2) is 9.32. The van der Waals surface area contributed by atoms with Gasteiger partial charge < -0.3 is 14.8 Å². The Morgan fingerprint density at radius 1 is 1.21 bits per heavy atom. The second-order valence-corrected chi connectivity index (χ2v) is 9.44. The molecule has 1 N–H and O–H groups in total. The van der Waals surface area contributed by atoms with E-state index in [0.29, 0.717) is 18.8 Å². The van der Waals surface area contributed by atoms with Crippen LogP contribution in [0.2, 0.25) is 0 Å². The summed E-state index contributed by atoms with van der Waals surface area (Å²) in [6.07, 6.45) is 2.82. The van der Waals surface area contributed by atoms with Crippen molar-refractivity contribution in [1.82, 2.24) is 14.5 Å². The standard InChI is InChI=1S/C19H29N3O5S/c1-21(2)28(24,25)17-9-4-3-7-15(17)13-20-18(23)14-22-10-6-5-8-16(22)19-26-11-12-27-19/h3-4,7,9,16,19H,5-6,8,10-14H2,1-2H3,(H,20,23). The molecule has 9 heteroatoms. The first-order valence-electron chi connectivity index (χ1n) is 9.64. The topological polar surface area (TPSA) is 88.2 Å². The maximum absolute atomic E-state index is 12.5. The van der Waals surface area contributed by atoms with E-state index < -0.39 is 10.0 Å². The van der Waals surface area contributed by atoms with Gasteiger partial charge >= 0.3 is 0 Å². The summed E-state index contributed by atoms with van der Waals surface area (Å²) in [5.41, 5.74) is 0.571. The van der Waals surface area contributed by atoms with E-state index in [-0.39, 0.29) is 36.2 Å². The Balaban J connectivity index is 1.61. The fourth-order valence-electron chi connectivity index (χ4n) is 3.65. The second-order valence-electron chi connectivity index (χ2n) is 7.32. The molecule has 2 aliphatic heterocycles. The number of carbonyl (C=O) groups is 1. The molecular weight excluding hydrogens is 382 g/mol. The lowest BCUT2D eigenvalue weighted by Gasteiger charge is -2.37. The highest BCUT2D eigenvalue weighted by Gasteiger charge is 2.34. The first-order chi connectivity index (χ1) is 13.4. The van der Waals surface area contributed by atoms with Gasteiger partial charge in [0.15, 0.2) is 6.29 Å². The van der Waals surface area contributed by atoms with Crippen LogP contribution < -0.4 is 5.32 Å². The van der Waals surface area contributed by atoms with Gasteiger partial charge in [0.25, 0.3) is 0 Å². The Kier molecular flexibility index (Phi) is 7.05. The van der Waals surface area contributed by atoms with E-state index in [9.17, 15) is 13.2 Å². The lowest BCUT2D eigenvalue weighted by Crippen LogP contribution is -2.50. The molecule has 1 aromatic rings. The van der Waals surface area contributed by atoms with Gasteiger partial charge in [0.1, 0.15) is 0 Å². The van der Waals surface area contributed by atoms with Crippen molar-refractivity contribution in [3.63, 3.8) is 0 Å². The number of rotatable bonds is 7. The number of piperidine rings is 1. The van der Waals surface area contributed by atoms with Crippen LogP contribution in [0.3, 0.4) is 0 Å². The van der Waals surface area contributed by atoms with Gasteiger partial charge in [0.05, 0.1) is 30.7 Å². The van der Waals surface area contributed by atoms with Crippen molar-refractivity contribution in [3.05, 3.63) is 29.8 Å². The lowest BCUT2D eigenvalue weighted by atomic mass is 10.0. The predicted molar refractivity (Wildman–Crippen MR) is 104 cm³/mol. The van der Waals surface area contributed by atoms with Gasteiger partial charge in [-0.2, -0.15) is 0 Å². The van der Waals surface area contributed by atoms with E-state index in [1.165, 1.54) is 18.4 Å². The highest BCUT2D eigenvalue weighted by molar-refractivity contribution is 7.89. The van der Waals surface area contributed by atoms with Crippen molar-refractivity contribution >= 4 is 15.9 Å². The number of ether oxygens (including phenoxy) is 2. The van der Waals surface area contributed by atoms with E-state index in [1.807, 2.05) is 0 Å². The molecule has 0 bridgehead atoms. The van der Waals surface area contributed by atoms with Gasteiger partial charge in [0.2, 0.25) is 15.9 Å². The molecular formula is C19H29N3O5S. The third-order valence-electron chi connectivity index (χ3n) is 5.18. The molecule has 0 saturated carbocycles. The molecule has 1 unspecified atom stereocenters. The fourth-order valence-corrected chi connectivity index (χ4v) is 4.77. The van der Waals surface area contributed by atoms with Crippen LogP contribution >= 0.6 is 0 Å². The van der Waals surface area contributed by atoms with Crippen LogP contribution in [0.5, 0.6) is 0 Å². The third kappa shape index (κ3) is 4.90. The molecule has 1 atom stereocenters. The molecule has 8 nitrogen and oxygen atoms in total. The van der Waals surface area contributed by atoms with E-state index in [2.05, 4.69) is 10.2 Å². The van der Waals surface area contributed by atoms with E-state index in [0.717, 1.165) is 25.8 Å². The van der Waals surface area contributed by atoms with E-state index >= 15 is 0 Å². The Morgan fingerprint density at radius 2 is 1.93 bits per heavy atom. The zero-order valence-corrected chi connectivity index (χ0v) is 17.3. The predicted octanol–water partition coefficient (Wildman–Crippen LogP) is 0.781. The van der Waals surface area contributed by atoms with E-state index in [4.69, 9.17) is 9.47 Å². The van der Waals surface area contributed by atoms with Gasteiger partial charge in [-0.15, -0.1) is 0 Å². The average molecular weight is 412 g/mol. The number of hydrogen-bond acceptors (Lipinski definition) is 6. The monoisotopic (exact) mass is 411 g/mol. The summed E-state index contributed by atoms with van der Waals surface area (Å²) in [7, 11) is -0.575. The lowest BCUT2D eigenvalue weighted by molar-refractivity contribution is -0.131. The SMILES string of the molecule is CN(C)S(=O)(=O)c1ccccc1CNC(=O)CN1CCCCC1C1OCCO1. The third-order valence-corrected chi connectivity index (χ3v) is 7.10. The van der Waals surface area contributed by atoms with Gasteiger partial charge in [-0.25, -0.2) is 12.7 Å². The first kappa shape index (κ1) is 21.2. The van der Waals surface area contributed by atoms with Gasteiger partial charge in [-0.05, 0) is 31.0 Å². The van der Waals surface area contributed by atoms with Crippen LogP contribution in [0.25, 0.3) is 0 Å². The molecule has 0 aromatic heterocycles. The van der Waals surface area contributed by atoms with Gasteiger partial charge in [-0.3, -0.25) is 9.69 Å². The normalized spacial score (nSPS) is 21.9. The Hall–Kier alpha value is -1.52. The molecule has 2 fully saturated rings. The van der Waals surface area contributed by atoms with Crippen LogP contribution in [-0.4, -0.2) is 76.3 Å². The zero-order chi connectivity index (χ0) is 20.1. The number of likely N-dealkylation sites (tertiary alicyclic amines) is 1. The zero-order valence-electron chi connectivity index (χ0n) is 16.5. The number of nitrogens with one attached hydrogen (secondary N) is 1. The number of hydrogen-bond donors (Lipinski definition) is 1. The summed E-state index contributed by atoms with van der Waals surface area (Å²) in [5, 5.41) is 2.86. The maximum atomic E-state index is 12.5. The minimum Gasteiger partial charge on any atom is -0.351 e. The first-order valence-corrected chi connectivity index (χ1v) is 11.1. The van der Waals surface area contributed by atoms with Crippen molar-refractivity contribution in [2.24, 2.45) is 0 Å². The maximum Gasteiger partial charge on any atom is 0.242 e. The summed E-state index contributed by atoms with van der Waals surface area (Å²) in [5.74, 6) is -0.137. The molecule has 0 aliphatic carbocycles. The van der Waals surface area contributed by atoms with Crippen molar-refractivity contribution in [2.75, 3.05) is 40.4 Å². The number of nitrogens with zero attached hydrogens (tertiary/aromatic N) is 2. The molecule has 0 spiro atoms. The molecule has 1 amide bonds. The summed E-state index contributed by atoms with van der Waals surface area (Å²) < 4.78 is 37.4. The molecule has 2 heterocycles. The summed E-state index contributed by atoms with van der Waals surface area (Å²) in [4.78, 5) is 14.9. The minimum absolute atomic E-state index is 0.0865. The van der Waals surface area contributed by atoms with Crippen molar-refractivity contribution in [1.29, 1.82) is 0 Å². The highest BCUT2D eigenvalue weighted by Crippen LogP contribution is 2.24. The Bertz CT molecular complexity index is 778. The molecule has 3 rings (SSSR count). The number of amides is 1. The summed E-state index contributed by atoms with van der Waals surface area (Å²) in [6, 6.07) is 6.82. The van der Waals surface area contributed by atoms with Crippen molar-refractivity contribution < 1.29 is 22.7 Å². The molecule has 2 saturated heterocycles. The smallest absolute Gasteiger partial charge is 0.242 e. The van der Waals surface area contributed by atoms with Crippen LogP contribution in [0.15, 0.2) is 29.2 Å². The molecule has 28 heavy (non-hydrogen) atoms. The number of carbonyl (C=O) groups excluding carboxylic acids is 1. The summed E-state index contributed by atoms with van der Waals surface area (Å²) >= 11 is 0. The largest absolute Gasteiger partial charge is 0.351 e. The molecule has 156 valence electrons. The van der Waals surface area contributed by atoms with Crippen molar-refractivity contribution in [3.8, 4) is 0 Å². The van der Waals surface area contributed by atoms with Gasteiger partial charge in [-0.1, -0.05) is 24.6 Å². The van der Waals surface area contributed by atoms with Gasteiger partial charge in [0, 0.05) is 20.6 Å². The van der Waals surface area contributed by atoms with Crippen molar-refractivity contribution in [2.45, 2.75) is 43.0 Å². The quantitative estimate of drug-likeness (QED) is 0.713.